The van der Waals surface area contributed by atoms with E-state index in [1.807, 2.05) is 30.3 Å². The molecule has 0 radical (unpaired) electrons. The number of anilines is 1. The molecule has 4 aromatic rings. The van der Waals surface area contributed by atoms with Gasteiger partial charge in [-0.25, -0.2) is 9.67 Å². The first-order valence-corrected chi connectivity index (χ1v) is 14.8. The Morgan fingerprint density at radius 3 is 2.39 bits per heavy atom. The van der Waals surface area contributed by atoms with Gasteiger partial charge in [-0.2, -0.15) is 5.10 Å². The van der Waals surface area contributed by atoms with E-state index >= 15 is 0 Å². The number of aromatic nitrogens is 3. The molecule has 226 valence electrons. The Bertz CT molecular complexity index is 1830. The van der Waals surface area contributed by atoms with Crippen LogP contribution in [0.5, 0.6) is 5.88 Å². The molecule has 2 aromatic carbocycles. The lowest BCUT2D eigenvalue weighted by Crippen LogP contribution is -2.57. The molecule has 1 amide bonds. The van der Waals surface area contributed by atoms with Crippen LogP contribution in [0.1, 0.15) is 22.3 Å². The molecule has 2 atom stereocenters. The summed E-state index contributed by atoms with van der Waals surface area (Å²) in [5.41, 5.74) is 3.15. The Morgan fingerprint density at radius 1 is 1.00 bits per heavy atom. The summed E-state index contributed by atoms with van der Waals surface area (Å²) >= 11 is 13.7. The Labute approximate surface area is 263 Å². The number of piperidine rings is 2. The molecule has 3 aliphatic rings. The van der Waals surface area contributed by atoms with Gasteiger partial charge in [-0.1, -0.05) is 59.6 Å². The van der Waals surface area contributed by atoms with E-state index in [2.05, 4.69) is 15.3 Å². The highest BCUT2D eigenvalue weighted by atomic mass is 35.5. The van der Waals surface area contributed by atoms with Gasteiger partial charge < -0.3 is 15.2 Å². The van der Waals surface area contributed by atoms with Crippen molar-refractivity contribution in [1.29, 1.82) is 0 Å². The number of pyridine rings is 1. The van der Waals surface area contributed by atoms with Crippen LogP contribution in [0, 0.1) is 17.8 Å². The molecule has 2 N–H and O–H groups in total. The number of carbonyl (C=O) groups is 2. The van der Waals surface area contributed by atoms with Crippen molar-refractivity contribution in [2.45, 2.75) is 13.0 Å². The first kappa shape index (κ1) is 29.8. The van der Waals surface area contributed by atoms with Crippen LogP contribution in [-0.4, -0.2) is 56.8 Å². The minimum Gasteiger partial charge on any atom is -0.481 e. The fraction of sp³-hybridized carbons (Fsp3) is 0.281. The molecule has 3 fully saturated rings. The number of amides is 1. The van der Waals surface area contributed by atoms with Crippen LogP contribution in [0.2, 0.25) is 10.0 Å². The number of ether oxygens (including phenoxy) is 1. The normalized spacial score (nSPS) is 19.2. The van der Waals surface area contributed by atoms with E-state index in [9.17, 15) is 19.5 Å². The average Bonchev–Trinajstić information content (AvgIpc) is 3.00. The number of fused-ring (bicyclic) bond motifs is 2. The van der Waals surface area contributed by atoms with Gasteiger partial charge in [0.1, 0.15) is 5.56 Å². The van der Waals surface area contributed by atoms with E-state index in [1.54, 1.807) is 25.3 Å². The van der Waals surface area contributed by atoms with Crippen LogP contribution in [0.4, 0.5) is 5.69 Å². The van der Waals surface area contributed by atoms with E-state index in [4.69, 9.17) is 32.9 Å². The number of methoxy groups -OCH3 is 1. The average molecular weight is 635 g/mol. The van der Waals surface area contributed by atoms with Gasteiger partial charge in [0.25, 0.3) is 11.5 Å². The molecule has 10 nitrogen and oxygen atoms in total. The Balaban J connectivity index is 1.25. The van der Waals surface area contributed by atoms with Crippen LogP contribution >= 0.6 is 23.2 Å². The zero-order valence-corrected chi connectivity index (χ0v) is 25.5. The monoisotopic (exact) mass is 633 g/mol. The largest absolute Gasteiger partial charge is 0.481 e. The maximum atomic E-state index is 12.9. The SMILES string of the molecule is COc1nc(-c2cccc(-c3cccc(NC(=O)c4ccnn(C)c4=O)c3Cl)c2Cl)ccc1CN1CC2CC(C1)C2C(=O)O. The molecule has 2 bridgehead atoms. The highest BCUT2D eigenvalue weighted by molar-refractivity contribution is 6.39. The fourth-order valence-electron chi connectivity index (χ4n) is 6.32. The minimum atomic E-state index is -0.691. The third-order valence-electron chi connectivity index (χ3n) is 8.48. The second-order valence-corrected chi connectivity index (χ2v) is 11.9. The summed E-state index contributed by atoms with van der Waals surface area (Å²) in [6.45, 7) is 2.10. The number of nitrogens with zero attached hydrogens (tertiary/aromatic N) is 4. The number of carbonyl (C=O) groups excluding carboxylic acids is 1. The van der Waals surface area contributed by atoms with E-state index in [1.165, 1.54) is 19.3 Å². The number of aryl methyl sites for hydroxylation is 1. The van der Waals surface area contributed by atoms with Crippen LogP contribution < -0.4 is 15.6 Å². The summed E-state index contributed by atoms with van der Waals surface area (Å²) < 4.78 is 6.74. The molecule has 44 heavy (non-hydrogen) atoms. The van der Waals surface area contributed by atoms with Gasteiger partial charge in [-0.15, -0.1) is 0 Å². The smallest absolute Gasteiger partial charge is 0.307 e. The molecule has 1 saturated carbocycles. The fourth-order valence-corrected chi connectivity index (χ4v) is 6.92. The van der Waals surface area contributed by atoms with Gasteiger partial charge in [0.05, 0.1) is 34.5 Å². The zero-order chi connectivity index (χ0) is 31.1. The van der Waals surface area contributed by atoms with Crippen molar-refractivity contribution in [2.75, 3.05) is 25.5 Å². The molecule has 2 saturated heterocycles. The van der Waals surface area contributed by atoms with Gasteiger partial charge in [-0.05, 0) is 36.5 Å². The lowest BCUT2D eigenvalue weighted by Gasteiger charge is -2.51. The number of hydrogen-bond acceptors (Lipinski definition) is 7. The molecule has 0 spiro atoms. The number of rotatable bonds is 8. The third-order valence-corrected chi connectivity index (χ3v) is 9.29. The second kappa shape index (κ2) is 12.0. The topological polar surface area (TPSA) is 127 Å². The van der Waals surface area contributed by atoms with Gasteiger partial charge in [0, 0.05) is 55.1 Å². The molecule has 4 heterocycles. The lowest BCUT2D eigenvalue weighted by atomic mass is 9.61. The van der Waals surface area contributed by atoms with Gasteiger partial charge in [-0.3, -0.25) is 19.3 Å². The minimum absolute atomic E-state index is 0.0611. The Kier molecular flexibility index (Phi) is 8.15. The van der Waals surface area contributed by atoms with E-state index < -0.39 is 17.4 Å². The maximum Gasteiger partial charge on any atom is 0.307 e. The Hall–Kier alpha value is -4.25. The van der Waals surface area contributed by atoms with Gasteiger partial charge in [0.2, 0.25) is 5.88 Å². The zero-order valence-electron chi connectivity index (χ0n) is 24.0. The van der Waals surface area contributed by atoms with Crippen LogP contribution in [0.25, 0.3) is 22.4 Å². The first-order chi connectivity index (χ1) is 21.2. The molecule has 2 unspecified atom stereocenters. The molecule has 2 aromatic heterocycles. The van der Waals surface area contributed by atoms with Gasteiger partial charge >= 0.3 is 5.97 Å². The third kappa shape index (κ3) is 5.45. The molecule has 12 heteroatoms. The lowest BCUT2D eigenvalue weighted by molar-refractivity contribution is -0.159. The standard InChI is InChI=1S/C32H29Cl2N5O5/c1-38-31(41)23(11-12-35-38)29(40)36-25-8-4-6-21(28(25)34)20-5-3-7-22(27(20)33)24-10-9-17(30(37-24)44-2)14-39-15-18-13-19(16-39)26(18)32(42)43/h3-12,18-19,26H,13-16H2,1-2H3,(H,36,40)(H,42,43). The van der Waals surface area contributed by atoms with Crippen LogP contribution in [-0.2, 0) is 18.4 Å². The summed E-state index contributed by atoms with van der Waals surface area (Å²) in [7, 11) is 3.04. The van der Waals surface area contributed by atoms with Crippen LogP contribution in [0.3, 0.4) is 0 Å². The van der Waals surface area contributed by atoms with Crippen molar-refractivity contribution in [3.8, 4) is 28.3 Å². The number of carboxylic acid groups (broad SMARTS) is 1. The second-order valence-electron chi connectivity index (χ2n) is 11.1. The van der Waals surface area contributed by atoms with Crippen molar-refractivity contribution in [1.82, 2.24) is 19.7 Å². The van der Waals surface area contributed by atoms with E-state index in [-0.39, 0.29) is 28.3 Å². The Morgan fingerprint density at radius 2 is 1.68 bits per heavy atom. The summed E-state index contributed by atoms with van der Waals surface area (Å²) in [6.07, 6.45) is 2.35. The predicted molar refractivity (Wildman–Crippen MR) is 167 cm³/mol. The number of hydrogen-bond donors (Lipinski definition) is 2. The summed E-state index contributed by atoms with van der Waals surface area (Å²) in [5, 5.41) is 16.7. The first-order valence-electron chi connectivity index (χ1n) is 14.1. The molecule has 2 aliphatic heterocycles. The van der Waals surface area contributed by atoms with Crippen molar-refractivity contribution in [3.63, 3.8) is 0 Å². The maximum absolute atomic E-state index is 12.9. The number of nitrogens with one attached hydrogen (secondary N) is 1. The van der Waals surface area contributed by atoms with Crippen molar-refractivity contribution >= 4 is 40.8 Å². The number of halogens is 2. The summed E-state index contributed by atoms with van der Waals surface area (Å²) in [4.78, 5) is 43.8. The van der Waals surface area contributed by atoms with Crippen molar-refractivity contribution in [3.05, 3.63) is 92.3 Å². The van der Waals surface area contributed by atoms with E-state index in [0.29, 0.717) is 45.5 Å². The van der Waals surface area contributed by atoms with Gasteiger partial charge in [0.15, 0.2) is 0 Å². The van der Waals surface area contributed by atoms with Crippen LogP contribution in [0.15, 0.2) is 65.6 Å². The molecule has 7 rings (SSSR count). The van der Waals surface area contributed by atoms with E-state index in [0.717, 1.165) is 29.8 Å². The van der Waals surface area contributed by atoms with Crippen molar-refractivity contribution in [2.24, 2.45) is 24.8 Å². The molecular weight excluding hydrogens is 605 g/mol. The number of aliphatic carboxylic acids is 1. The highest BCUT2D eigenvalue weighted by Crippen LogP contribution is 2.46. The quantitative estimate of drug-likeness (QED) is 0.270. The highest BCUT2D eigenvalue weighted by Gasteiger charge is 2.50. The number of benzene rings is 2. The summed E-state index contributed by atoms with van der Waals surface area (Å²) in [5.74, 6) is -0.678. The number of carboxylic acids is 1. The molecular formula is C32H29Cl2N5O5. The van der Waals surface area contributed by atoms with Crippen molar-refractivity contribution < 1.29 is 19.4 Å². The summed E-state index contributed by atoms with van der Waals surface area (Å²) in [6, 6.07) is 15.9. The molecule has 1 aliphatic carbocycles. The predicted octanol–water partition coefficient (Wildman–Crippen LogP) is 5.23.